The van der Waals surface area contributed by atoms with Crippen LogP contribution in [0.5, 0.6) is 0 Å². The van der Waals surface area contributed by atoms with Gasteiger partial charge in [-0.1, -0.05) is 20.8 Å². The Labute approximate surface area is 74.7 Å². The smallest absolute Gasteiger partial charge is 0.219 e. The Morgan fingerprint density at radius 1 is 1.42 bits per heavy atom. The molecule has 0 saturated heterocycles. The minimum atomic E-state index is 0.195. The van der Waals surface area contributed by atoms with Crippen LogP contribution in [0.15, 0.2) is 0 Å². The van der Waals surface area contributed by atoms with Crippen LogP contribution in [-0.4, -0.2) is 11.9 Å². The summed E-state index contributed by atoms with van der Waals surface area (Å²) in [6.45, 7) is 6.40. The Balaban J connectivity index is 2.38. The van der Waals surface area contributed by atoms with Gasteiger partial charge in [-0.2, -0.15) is 0 Å². The molecule has 1 fully saturated rings. The van der Waals surface area contributed by atoms with Gasteiger partial charge in [0.2, 0.25) is 5.91 Å². The van der Waals surface area contributed by atoms with E-state index in [-0.39, 0.29) is 5.91 Å². The Hall–Kier alpha value is -0.530. The number of rotatable bonds is 2. The van der Waals surface area contributed by atoms with Crippen LogP contribution in [0.25, 0.3) is 0 Å². The summed E-state index contributed by atoms with van der Waals surface area (Å²) in [6.07, 6.45) is 3.03. The molecule has 1 aliphatic carbocycles. The topological polar surface area (TPSA) is 29.1 Å². The molecule has 0 aliphatic heterocycles. The first-order chi connectivity index (χ1) is 5.65. The van der Waals surface area contributed by atoms with Gasteiger partial charge >= 0.3 is 0 Å². The number of nitrogens with one attached hydrogen (secondary N) is 1. The SMILES string of the molecule is CCC(=O)NC1CCC(C)C1C. The fourth-order valence-corrected chi connectivity index (χ4v) is 1.88. The van der Waals surface area contributed by atoms with Crippen LogP contribution < -0.4 is 5.32 Å². The maximum Gasteiger partial charge on any atom is 0.219 e. The summed E-state index contributed by atoms with van der Waals surface area (Å²) < 4.78 is 0. The number of carbonyl (C=O) groups is 1. The van der Waals surface area contributed by atoms with E-state index in [1.165, 1.54) is 6.42 Å². The summed E-state index contributed by atoms with van der Waals surface area (Å²) in [4.78, 5) is 11.1. The fraction of sp³-hybridized carbons (Fsp3) is 0.900. The van der Waals surface area contributed by atoms with Gasteiger partial charge in [-0.3, -0.25) is 4.79 Å². The molecular weight excluding hydrogens is 150 g/mol. The van der Waals surface area contributed by atoms with Gasteiger partial charge in [0.05, 0.1) is 0 Å². The normalized spacial score (nSPS) is 35.1. The molecule has 0 aromatic carbocycles. The molecule has 0 heterocycles. The van der Waals surface area contributed by atoms with Crippen molar-refractivity contribution >= 4 is 5.91 Å². The highest BCUT2D eigenvalue weighted by Gasteiger charge is 2.30. The molecule has 2 heteroatoms. The Morgan fingerprint density at radius 2 is 2.08 bits per heavy atom. The van der Waals surface area contributed by atoms with Crippen LogP contribution >= 0.6 is 0 Å². The van der Waals surface area contributed by atoms with Gasteiger partial charge in [-0.25, -0.2) is 0 Å². The van der Waals surface area contributed by atoms with Crippen LogP contribution in [0.2, 0.25) is 0 Å². The molecule has 1 amide bonds. The predicted octanol–water partition coefficient (Wildman–Crippen LogP) is 1.95. The van der Waals surface area contributed by atoms with Crippen LogP contribution in [0, 0.1) is 11.8 Å². The summed E-state index contributed by atoms with van der Waals surface area (Å²) in [5.74, 6) is 1.62. The van der Waals surface area contributed by atoms with Gasteiger partial charge < -0.3 is 5.32 Å². The fourth-order valence-electron chi connectivity index (χ4n) is 1.88. The minimum absolute atomic E-state index is 0.195. The molecule has 3 unspecified atom stereocenters. The molecule has 0 spiro atoms. The average Bonchev–Trinajstić information content (AvgIpc) is 2.36. The summed E-state index contributed by atoms with van der Waals surface area (Å²) in [6, 6.07) is 0.437. The second-order valence-electron chi connectivity index (χ2n) is 3.94. The van der Waals surface area contributed by atoms with Crippen LogP contribution in [-0.2, 0) is 4.79 Å². The van der Waals surface area contributed by atoms with Crippen LogP contribution in [0.4, 0.5) is 0 Å². The zero-order valence-electron chi connectivity index (χ0n) is 8.26. The number of hydrogen-bond acceptors (Lipinski definition) is 1. The summed E-state index contributed by atoms with van der Waals surface area (Å²) in [5.41, 5.74) is 0. The monoisotopic (exact) mass is 169 g/mol. The van der Waals surface area contributed by atoms with Crippen molar-refractivity contribution in [1.82, 2.24) is 5.32 Å². The van der Waals surface area contributed by atoms with E-state index in [9.17, 15) is 4.79 Å². The molecule has 12 heavy (non-hydrogen) atoms. The quantitative estimate of drug-likeness (QED) is 0.672. The molecule has 0 aromatic heterocycles. The van der Waals surface area contributed by atoms with Crippen molar-refractivity contribution in [2.24, 2.45) is 11.8 Å². The van der Waals surface area contributed by atoms with Crippen molar-refractivity contribution in [1.29, 1.82) is 0 Å². The maximum atomic E-state index is 11.1. The van der Waals surface area contributed by atoms with E-state index >= 15 is 0 Å². The number of amides is 1. The van der Waals surface area contributed by atoms with Gasteiger partial charge in [0.25, 0.3) is 0 Å². The Morgan fingerprint density at radius 3 is 2.50 bits per heavy atom. The molecule has 1 saturated carbocycles. The van der Waals surface area contributed by atoms with Crippen molar-refractivity contribution in [3.8, 4) is 0 Å². The molecule has 2 nitrogen and oxygen atoms in total. The van der Waals surface area contributed by atoms with E-state index in [4.69, 9.17) is 0 Å². The first-order valence-corrected chi connectivity index (χ1v) is 4.94. The van der Waals surface area contributed by atoms with Crippen LogP contribution in [0.3, 0.4) is 0 Å². The standard InChI is InChI=1S/C10H19NO/c1-4-10(12)11-9-6-5-7(2)8(9)3/h7-9H,4-6H2,1-3H3,(H,11,12). The molecule has 70 valence electrons. The first-order valence-electron chi connectivity index (χ1n) is 4.94. The van der Waals surface area contributed by atoms with E-state index in [0.29, 0.717) is 18.4 Å². The van der Waals surface area contributed by atoms with E-state index < -0.39 is 0 Å². The van der Waals surface area contributed by atoms with E-state index in [1.807, 2.05) is 6.92 Å². The predicted molar refractivity (Wildman–Crippen MR) is 49.8 cm³/mol. The van der Waals surface area contributed by atoms with Crippen LogP contribution in [0.1, 0.15) is 40.0 Å². The van der Waals surface area contributed by atoms with Gasteiger partial charge in [0.15, 0.2) is 0 Å². The lowest BCUT2D eigenvalue weighted by Gasteiger charge is -2.19. The van der Waals surface area contributed by atoms with Crippen molar-refractivity contribution in [2.75, 3.05) is 0 Å². The second-order valence-corrected chi connectivity index (χ2v) is 3.94. The Bertz CT molecular complexity index is 167. The highest BCUT2D eigenvalue weighted by molar-refractivity contribution is 5.75. The first kappa shape index (κ1) is 9.56. The lowest BCUT2D eigenvalue weighted by Crippen LogP contribution is -2.36. The maximum absolute atomic E-state index is 11.1. The molecule has 1 N–H and O–H groups in total. The van der Waals surface area contributed by atoms with Gasteiger partial charge in [-0.05, 0) is 24.7 Å². The van der Waals surface area contributed by atoms with Gasteiger partial charge in [0.1, 0.15) is 0 Å². The average molecular weight is 169 g/mol. The number of hydrogen-bond donors (Lipinski definition) is 1. The lowest BCUT2D eigenvalue weighted by atomic mass is 9.98. The van der Waals surface area contributed by atoms with E-state index in [0.717, 1.165) is 12.3 Å². The number of carbonyl (C=O) groups excluding carboxylic acids is 1. The molecular formula is C10H19NO. The molecule has 1 aliphatic rings. The van der Waals surface area contributed by atoms with Crippen molar-refractivity contribution in [3.63, 3.8) is 0 Å². The molecule has 0 bridgehead atoms. The summed E-state index contributed by atoms with van der Waals surface area (Å²) in [5, 5.41) is 3.07. The van der Waals surface area contributed by atoms with Crippen molar-refractivity contribution < 1.29 is 4.79 Å². The van der Waals surface area contributed by atoms with E-state index in [2.05, 4.69) is 19.2 Å². The minimum Gasteiger partial charge on any atom is -0.353 e. The van der Waals surface area contributed by atoms with Gasteiger partial charge in [0, 0.05) is 12.5 Å². The summed E-state index contributed by atoms with van der Waals surface area (Å²) >= 11 is 0. The Kier molecular flexibility index (Phi) is 3.12. The molecule has 1 rings (SSSR count). The van der Waals surface area contributed by atoms with E-state index in [1.54, 1.807) is 0 Å². The molecule has 0 radical (unpaired) electrons. The molecule has 0 aromatic rings. The zero-order chi connectivity index (χ0) is 9.14. The third-order valence-electron chi connectivity index (χ3n) is 3.13. The largest absolute Gasteiger partial charge is 0.353 e. The summed E-state index contributed by atoms with van der Waals surface area (Å²) in [7, 11) is 0. The highest BCUT2D eigenvalue weighted by atomic mass is 16.1. The lowest BCUT2D eigenvalue weighted by molar-refractivity contribution is -0.121. The zero-order valence-corrected chi connectivity index (χ0v) is 8.26. The van der Waals surface area contributed by atoms with Crippen molar-refractivity contribution in [2.45, 2.75) is 46.1 Å². The third kappa shape index (κ3) is 1.99. The van der Waals surface area contributed by atoms with Crippen molar-refractivity contribution in [3.05, 3.63) is 0 Å². The third-order valence-corrected chi connectivity index (χ3v) is 3.13. The van der Waals surface area contributed by atoms with Gasteiger partial charge in [-0.15, -0.1) is 0 Å². The molecule has 3 atom stereocenters. The second kappa shape index (κ2) is 3.92. The highest BCUT2D eigenvalue weighted by Crippen LogP contribution is 2.30.